The summed E-state index contributed by atoms with van der Waals surface area (Å²) in [7, 11) is 0. The first kappa shape index (κ1) is 20.8. The van der Waals surface area contributed by atoms with Crippen molar-refractivity contribution in [1.29, 1.82) is 0 Å². The highest BCUT2D eigenvalue weighted by molar-refractivity contribution is 6.49. The Bertz CT molecular complexity index is 1100. The number of aromatic nitrogens is 1. The van der Waals surface area contributed by atoms with Gasteiger partial charge in [-0.25, -0.2) is 0 Å². The Hall–Kier alpha value is -2.50. The van der Waals surface area contributed by atoms with Gasteiger partial charge in [-0.05, 0) is 48.7 Å². The van der Waals surface area contributed by atoms with Crippen LogP contribution in [0.4, 0.5) is 0 Å². The first-order valence-corrected chi connectivity index (χ1v) is 10.8. The number of hydrogen-bond donors (Lipinski definition) is 2. The van der Waals surface area contributed by atoms with Gasteiger partial charge < -0.3 is 15.0 Å². The Balaban J connectivity index is 1.70. The van der Waals surface area contributed by atoms with Gasteiger partial charge in [0.2, 0.25) is 0 Å². The van der Waals surface area contributed by atoms with E-state index in [0.717, 1.165) is 37.7 Å². The highest BCUT2D eigenvalue weighted by Gasteiger charge is 2.28. The average molecular weight is 445 g/mol. The molecular weight excluding hydrogens is 423 g/mol. The molecule has 1 heterocycles. The number of phenols is 1. The zero-order chi connectivity index (χ0) is 21.3. The smallest absolute Gasteiger partial charge is 0.292 e. The number of ketones is 1. The van der Waals surface area contributed by atoms with E-state index in [0.29, 0.717) is 22.5 Å². The maximum Gasteiger partial charge on any atom is 0.292 e. The molecule has 0 radical (unpaired) electrons. The standard InChI is InChI=1S/C23H22Cl2N2O3/c24-15-8-6-14(7-9-15)13-27-19-11-10-17(28)12-18(19)20(22(27)25)21(29)23(30)26-16-4-2-1-3-5-16/h6-12,16,28H,1-5,13H2,(H,26,30). The lowest BCUT2D eigenvalue weighted by Crippen LogP contribution is -2.40. The number of amides is 1. The van der Waals surface area contributed by atoms with Gasteiger partial charge in [0.25, 0.3) is 11.7 Å². The third kappa shape index (κ3) is 4.18. The zero-order valence-corrected chi connectivity index (χ0v) is 17.8. The number of carbonyl (C=O) groups is 2. The van der Waals surface area contributed by atoms with Crippen molar-refractivity contribution in [1.82, 2.24) is 9.88 Å². The molecule has 1 aliphatic carbocycles. The van der Waals surface area contributed by atoms with Gasteiger partial charge in [0.05, 0.1) is 11.1 Å². The molecule has 7 heteroatoms. The molecule has 4 rings (SSSR count). The number of nitrogens with one attached hydrogen (secondary N) is 1. The third-order valence-electron chi connectivity index (χ3n) is 5.61. The fourth-order valence-electron chi connectivity index (χ4n) is 4.07. The van der Waals surface area contributed by atoms with Crippen LogP contribution in [0.1, 0.15) is 48.0 Å². The summed E-state index contributed by atoms with van der Waals surface area (Å²) in [5.41, 5.74) is 1.73. The van der Waals surface area contributed by atoms with Crippen molar-refractivity contribution in [2.45, 2.75) is 44.7 Å². The van der Waals surface area contributed by atoms with Crippen molar-refractivity contribution in [3.8, 4) is 5.75 Å². The molecule has 0 aliphatic heterocycles. The number of Topliss-reactive ketones (excluding diaryl/α,β-unsaturated/α-hetero) is 1. The van der Waals surface area contributed by atoms with Gasteiger partial charge in [-0.3, -0.25) is 9.59 Å². The van der Waals surface area contributed by atoms with E-state index in [1.807, 2.05) is 12.1 Å². The van der Waals surface area contributed by atoms with E-state index in [4.69, 9.17) is 23.2 Å². The number of carbonyl (C=O) groups excluding carboxylic acids is 2. The molecule has 1 aliphatic rings. The number of nitrogens with zero attached hydrogens (tertiary/aromatic N) is 1. The molecule has 3 aromatic rings. The first-order valence-electron chi connectivity index (χ1n) is 10.0. The number of phenolic OH excluding ortho intramolecular Hbond substituents is 1. The van der Waals surface area contributed by atoms with Crippen LogP contribution in [0.15, 0.2) is 42.5 Å². The van der Waals surface area contributed by atoms with Crippen molar-refractivity contribution >= 4 is 45.8 Å². The Kier molecular flexibility index (Phi) is 6.02. The van der Waals surface area contributed by atoms with E-state index >= 15 is 0 Å². The van der Waals surface area contributed by atoms with Gasteiger partial charge in [0.15, 0.2) is 0 Å². The fraction of sp³-hybridized carbons (Fsp3) is 0.304. The van der Waals surface area contributed by atoms with Gasteiger partial charge in [-0.2, -0.15) is 0 Å². The number of benzene rings is 2. The van der Waals surface area contributed by atoms with Crippen molar-refractivity contribution in [3.63, 3.8) is 0 Å². The monoisotopic (exact) mass is 444 g/mol. The second-order valence-corrected chi connectivity index (χ2v) is 8.51. The maximum atomic E-state index is 13.1. The molecule has 1 saturated carbocycles. The Morgan fingerprint density at radius 3 is 2.43 bits per heavy atom. The van der Waals surface area contributed by atoms with E-state index in [-0.39, 0.29) is 22.5 Å². The van der Waals surface area contributed by atoms with E-state index in [1.165, 1.54) is 12.1 Å². The largest absolute Gasteiger partial charge is 0.508 e. The Morgan fingerprint density at radius 2 is 1.73 bits per heavy atom. The van der Waals surface area contributed by atoms with Crippen LogP contribution in [-0.2, 0) is 11.3 Å². The summed E-state index contributed by atoms with van der Waals surface area (Å²) in [6, 6.07) is 12.0. The van der Waals surface area contributed by atoms with Crippen molar-refractivity contribution in [3.05, 3.63) is 63.8 Å². The molecule has 0 spiro atoms. The quantitative estimate of drug-likeness (QED) is 0.412. The molecule has 0 unspecified atom stereocenters. The fourth-order valence-corrected chi connectivity index (χ4v) is 4.53. The third-order valence-corrected chi connectivity index (χ3v) is 6.26. The molecule has 0 atom stereocenters. The second-order valence-electron chi connectivity index (χ2n) is 7.72. The summed E-state index contributed by atoms with van der Waals surface area (Å²) in [5.74, 6) is -1.33. The minimum atomic E-state index is -0.684. The molecule has 1 amide bonds. The minimum absolute atomic E-state index is 0.00421. The predicted molar refractivity (Wildman–Crippen MR) is 119 cm³/mol. The topological polar surface area (TPSA) is 71.3 Å². The van der Waals surface area contributed by atoms with Crippen LogP contribution >= 0.6 is 23.2 Å². The van der Waals surface area contributed by atoms with Crippen LogP contribution < -0.4 is 5.32 Å². The molecule has 2 N–H and O–H groups in total. The van der Waals surface area contributed by atoms with E-state index in [9.17, 15) is 14.7 Å². The molecular formula is C23H22Cl2N2O3. The van der Waals surface area contributed by atoms with Gasteiger partial charge >= 0.3 is 0 Å². The predicted octanol–water partition coefficient (Wildman–Crippen LogP) is 5.33. The summed E-state index contributed by atoms with van der Waals surface area (Å²) in [5, 5.41) is 14.1. The average Bonchev–Trinajstić information content (AvgIpc) is 3.00. The lowest BCUT2D eigenvalue weighted by atomic mass is 9.95. The van der Waals surface area contributed by atoms with E-state index < -0.39 is 11.7 Å². The number of rotatable bonds is 5. The number of aromatic hydroxyl groups is 1. The van der Waals surface area contributed by atoms with Crippen LogP contribution in [-0.4, -0.2) is 27.4 Å². The Morgan fingerprint density at radius 1 is 1.03 bits per heavy atom. The number of halogens is 2. The van der Waals surface area contributed by atoms with Gasteiger partial charge in [-0.15, -0.1) is 0 Å². The van der Waals surface area contributed by atoms with E-state index in [1.54, 1.807) is 22.8 Å². The zero-order valence-electron chi connectivity index (χ0n) is 16.3. The highest BCUT2D eigenvalue weighted by Crippen LogP contribution is 2.34. The van der Waals surface area contributed by atoms with Crippen molar-refractivity contribution < 1.29 is 14.7 Å². The summed E-state index contributed by atoms with van der Waals surface area (Å²) < 4.78 is 1.76. The SMILES string of the molecule is O=C(NC1CCCCC1)C(=O)c1c(Cl)n(Cc2ccc(Cl)cc2)c2ccc(O)cc12. The van der Waals surface area contributed by atoms with Crippen LogP contribution in [0.2, 0.25) is 10.2 Å². The van der Waals surface area contributed by atoms with Crippen LogP contribution in [0.3, 0.4) is 0 Å². The molecule has 1 fully saturated rings. The molecule has 5 nitrogen and oxygen atoms in total. The van der Waals surface area contributed by atoms with Crippen LogP contribution in [0.5, 0.6) is 5.75 Å². The molecule has 0 bridgehead atoms. The molecule has 30 heavy (non-hydrogen) atoms. The van der Waals surface area contributed by atoms with E-state index in [2.05, 4.69) is 5.32 Å². The maximum absolute atomic E-state index is 13.1. The molecule has 156 valence electrons. The van der Waals surface area contributed by atoms with Gasteiger partial charge in [0.1, 0.15) is 10.9 Å². The van der Waals surface area contributed by atoms with Crippen molar-refractivity contribution in [2.75, 3.05) is 0 Å². The Labute approximate surface area is 184 Å². The molecule has 0 saturated heterocycles. The van der Waals surface area contributed by atoms with Crippen molar-refractivity contribution in [2.24, 2.45) is 0 Å². The normalized spacial score (nSPS) is 14.7. The summed E-state index contributed by atoms with van der Waals surface area (Å²) in [4.78, 5) is 25.8. The first-order chi connectivity index (χ1) is 14.4. The highest BCUT2D eigenvalue weighted by atomic mass is 35.5. The lowest BCUT2D eigenvalue weighted by molar-refractivity contribution is -0.117. The van der Waals surface area contributed by atoms with Crippen LogP contribution in [0, 0.1) is 0 Å². The summed E-state index contributed by atoms with van der Waals surface area (Å²) in [6.07, 6.45) is 5.02. The minimum Gasteiger partial charge on any atom is -0.508 e. The summed E-state index contributed by atoms with van der Waals surface area (Å²) in [6.45, 7) is 0.398. The second kappa shape index (κ2) is 8.70. The van der Waals surface area contributed by atoms with Gasteiger partial charge in [-0.1, -0.05) is 54.6 Å². The molecule has 2 aromatic carbocycles. The summed E-state index contributed by atoms with van der Waals surface area (Å²) >= 11 is 12.6. The van der Waals surface area contributed by atoms with Gasteiger partial charge in [0, 0.05) is 23.0 Å². The number of hydrogen-bond acceptors (Lipinski definition) is 3. The molecule has 1 aromatic heterocycles. The van der Waals surface area contributed by atoms with Crippen LogP contribution in [0.25, 0.3) is 10.9 Å². The number of fused-ring (bicyclic) bond motifs is 1. The lowest BCUT2D eigenvalue weighted by Gasteiger charge is -2.22.